The lowest BCUT2D eigenvalue weighted by atomic mass is 9.79. The van der Waals surface area contributed by atoms with Crippen molar-refractivity contribution in [2.45, 2.75) is 0 Å². The van der Waals surface area contributed by atoms with Gasteiger partial charge in [0, 0.05) is 17.9 Å². The van der Waals surface area contributed by atoms with Crippen molar-refractivity contribution in [2.75, 3.05) is 0 Å². The third kappa shape index (κ3) is 2.25. The van der Waals surface area contributed by atoms with Gasteiger partial charge in [0.05, 0.1) is 0 Å². The molecule has 1 aliphatic heterocycles. The Morgan fingerprint density at radius 3 is 2.16 bits per heavy atom. The topological polar surface area (TPSA) is 31.4 Å². The van der Waals surface area contributed by atoms with Crippen molar-refractivity contribution in [3.8, 4) is 11.1 Å². The van der Waals surface area contributed by atoms with Crippen molar-refractivity contribution in [2.24, 2.45) is 0 Å². The minimum atomic E-state index is -0.442. The fourth-order valence-electron chi connectivity index (χ4n) is 1.92. The number of nitrogens with zero attached hydrogens (tertiary/aromatic N) is 1. The maximum atomic E-state index is 5.48. The van der Waals surface area contributed by atoms with E-state index in [2.05, 4.69) is 18.1 Å². The molecule has 1 aliphatic rings. The molecule has 3 rings (SSSR count). The van der Waals surface area contributed by atoms with Crippen molar-refractivity contribution in [3.05, 3.63) is 73.5 Å². The molecule has 0 spiro atoms. The van der Waals surface area contributed by atoms with Gasteiger partial charge in [-0.1, -0.05) is 43.5 Å². The van der Waals surface area contributed by atoms with Gasteiger partial charge in [0.15, 0.2) is 0 Å². The van der Waals surface area contributed by atoms with Gasteiger partial charge in [0.25, 0.3) is 0 Å². The summed E-state index contributed by atoms with van der Waals surface area (Å²) in [7, 11) is -0.442. The smallest absolute Gasteiger partial charge is 0.520 e. The van der Waals surface area contributed by atoms with E-state index in [9.17, 15) is 0 Å². The summed E-state index contributed by atoms with van der Waals surface area (Å²) in [6.07, 6.45) is 3.59. The van der Waals surface area contributed by atoms with E-state index in [1.54, 1.807) is 6.20 Å². The van der Waals surface area contributed by atoms with Crippen LogP contribution >= 0.6 is 0 Å². The SMILES string of the molecule is C=C1OB(c2ccc(-c3cccnc3)cc2)OC1=C. The first-order valence-electron chi connectivity index (χ1n) is 5.96. The molecule has 3 nitrogen and oxygen atoms in total. The minimum Gasteiger partial charge on any atom is -0.520 e. The Bertz CT molecular complexity index is 606. The Labute approximate surface area is 112 Å². The molecule has 1 aromatic carbocycles. The molecule has 2 heterocycles. The standard InChI is InChI=1S/C15H12BNO2/c1-11-12(2)19-16(18-11)15-7-5-13(6-8-15)14-4-3-9-17-10-14/h3-10H,1-2H2. The highest BCUT2D eigenvalue weighted by Gasteiger charge is 2.34. The summed E-state index contributed by atoms with van der Waals surface area (Å²) in [6.45, 7) is 7.44. The average molecular weight is 249 g/mol. The number of rotatable bonds is 2. The molecule has 0 saturated carbocycles. The lowest BCUT2D eigenvalue weighted by Gasteiger charge is -2.05. The van der Waals surface area contributed by atoms with Crippen molar-refractivity contribution >= 4 is 12.6 Å². The van der Waals surface area contributed by atoms with Gasteiger partial charge in [-0.3, -0.25) is 4.98 Å². The zero-order valence-corrected chi connectivity index (χ0v) is 10.4. The molecule has 4 heteroatoms. The molecule has 1 saturated heterocycles. The predicted molar refractivity (Wildman–Crippen MR) is 75.5 cm³/mol. The number of benzene rings is 1. The summed E-state index contributed by atoms with van der Waals surface area (Å²) < 4.78 is 11.0. The Balaban J connectivity index is 1.84. The molecule has 0 unspecified atom stereocenters. The fraction of sp³-hybridized carbons (Fsp3) is 0. The van der Waals surface area contributed by atoms with Crippen LogP contribution in [0.3, 0.4) is 0 Å². The molecule has 1 fully saturated rings. The fourth-order valence-corrected chi connectivity index (χ4v) is 1.92. The Morgan fingerprint density at radius 2 is 1.58 bits per heavy atom. The van der Waals surface area contributed by atoms with E-state index in [-0.39, 0.29) is 0 Å². The van der Waals surface area contributed by atoms with E-state index in [4.69, 9.17) is 9.31 Å². The highest BCUT2D eigenvalue weighted by molar-refractivity contribution is 6.62. The molecular formula is C15H12BNO2. The molecule has 0 N–H and O–H groups in total. The summed E-state index contributed by atoms with van der Waals surface area (Å²) in [4.78, 5) is 4.11. The third-order valence-electron chi connectivity index (χ3n) is 2.99. The van der Waals surface area contributed by atoms with Crippen LogP contribution in [0.2, 0.25) is 0 Å². The summed E-state index contributed by atoms with van der Waals surface area (Å²) in [5.74, 6) is 0.975. The second-order valence-corrected chi connectivity index (χ2v) is 4.28. The molecular weight excluding hydrogens is 237 g/mol. The predicted octanol–water partition coefficient (Wildman–Crippen LogP) is 2.52. The summed E-state index contributed by atoms with van der Waals surface area (Å²) in [6, 6.07) is 11.9. The summed E-state index contributed by atoms with van der Waals surface area (Å²) in [5.41, 5.74) is 3.12. The quantitative estimate of drug-likeness (QED) is 0.766. The van der Waals surface area contributed by atoms with Gasteiger partial charge < -0.3 is 9.31 Å². The van der Waals surface area contributed by atoms with Crippen LogP contribution in [0.5, 0.6) is 0 Å². The molecule has 0 bridgehead atoms. The number of pyridine rings is 1. The normalized spacial score (nSPS) is 14.2. The van der Waals surface area contributed by atoms with Crippen LogP contribution < -0.4 is 5.46 Å². The van der Waals surface area contributed by atoms with Gasteiger partial charge in [-0.05, 0) is 17.2 Å². The molecule has 0 radical (unpaired) electrons. The Hall–Kier alpha value is -2.49. The van der Waals surface area contributed by atoms with Gasteiger partial charge in [0.1, 0.15) is 11.5 Å². The number of aromatic nitrogens is 1. The molecule has 0 amide bonds. The average Bonchev–Trinajstić information content (AvgIpc) is 2.80. The van der Waals surface area contributed by atoms with Crippen LogP contribution in [0.1, 0.15) is 0 Å². The van der Waals surface area contributed by atoms with Gasteiger partial charge in [0.2, 0.25) is 0 Å². The second-order valence-electron chi connectivity index (χ2n) is 4.28. The molecule has 19 heavy (non-hydrogen) atoms. The molecule has 1 aromatic heterocycles. The van der Waals surface area contributed by atoms with E-state index < -0.39 is 7.12 Å². The number of hydrogen-bond acceptors (Lipinski definition) is 3. The highest BCUT2D eigenvalue weighted by atomic mass is 16.6. The molecule has 0 atom stereocenters. The van der Waals surface area contributed by atoms with Crippen LogP contribution in [0.25, 0.3) is 11.1 Å². The second kappa shape index (κ2) is 4.65. The Morgan fingerprint density at radius 1 is 0.895 bits per heavy atom. The molecule has 2 aromatic rings. The number of hydrogen-bond donors (Lipinski definition) is 0. The maximum absolute atomic E-state index is 5.48. The van der Waals surface area contributed by atoms with Crippen molar-refractivity contribution in [1.29, 1.82) is 0 Å². The van der Waals surface area contributed by atoms with E-state index in [0.29, 0.717) is 11.5 Å². The zero-order chi connectivity index (χ0) is 13.2. The van der Waals surface area contributed by atoms with Gasteiger partial charge >= 0.3 is 7.12 Å². The van der Waals surface area contributed by atoms with Crippen LogP contribution in [0.4, 0.5) is 0 Å². The summed E-state index contributed by atoms with van der Waals surface area (Å²) >= 11 is 0. The van der Waals surface area contributed by atoms with E-state index in [1.165, 1.54) is 0 Å². The molecule has 92 valence electrons. The van der Waals surface area contributed by atoms with E-state index >= 15 is 0 Å². The van der Waals surface area contributed by atoms with Crippen molar-refractivity contribution in [1.82, 2.24) is 4.98 Å². The van der Waals surface area contributed by atoms with Crippen molar-refractivity contribution in [3.63, 3.8) is 0 Å². The molecule has 0 aliphatic carbocycles. The van der Waals surface area contributed by atoms with Gasteiger partial charge in [-0.15, -0.1) is 0 Å². The first kappa shape index (κ1) is 11.6. The third-order valence-corrected chi connectivity index (χ3v) is 2.99. The van der Waals surface area contributed by atoms with Crippen LogP contribution in [0, 0.1) is 0 Å². The van der Waals surface area contributed by atoms with Gasteiger partial charge in [-0.25, -0.2) is 0 Å². The van der Waals surface area contributed by atoms with Crippen LogP contribution in [0.15, 0.2) is 73.5 Å². The first-order chi connectivity index (χ1) is 9.24. The van der Waals surface area contributed by atoms with Crippen LogP contribution in [-0.2, 0) is 9.31 Å². The highest BCUT2D eigenvalue weighted by Crippen LogP contribution is 2.21. The lowest BCUT2D eigenvalue weighted by Crippen LogP contribution is -2.30. The van der Waals surface area contributed by atoms with Crippen molar-refractivity contribution < 1.29 is 9.31 Å². The summed E-state index contributed by atoms with van der Waals surface area (Å²) in [5, 5.41) is 0. The lowest BCUT2D eigenvalue weighted by molar-refractivity contribution is 0.431. The minimum absolute atomic E-state index is 0.442. The van der Waals surface area contributed by atoms with Gasteiger partial charge in [-0.2, -0.15) is 0 Å². The van der Waals surface area contributed by atoms with Crippen LogP contribution in [-0.4, -0.2) is 12.1 Å². The Kier molecular flexibility index (Phi) is 2.84. The van der Waals surface area contributed by atoms with E-state index in [0.717, 1.165) is 16.6 Å². The first-order valence-corrected chi connectivity index (χ1v) is 5.96. The maximum Gasteiger partial charge on any atom is 0.632 e. The largest absolute Gasteiger partial charge is 0.632 e. The monoisotopic (exact) mass is 249 g/mol. The van der Waals surface area contributed by atoms with E-state index in [1.807, 2.05) is 42.6 Å². The zero-order valence-electron chi connectivity index (χ0n) is 10.4.